The van der Waals surface area contributed by atoms with E-state index in [2.05, 4.69) is 23.2 Å². The first kappa shape index (κ1) is 18.3. The van der Waals surface area contributed by atoms with Crippen molar-refractivity contribution in [2.75, 3.05) is 5.01 Å². The first-order valence-electron chi connectivity index (χ1n) is 8.29. The minimum atomic E-state index is -0.329. The zero-order valence-electron chi connectivity index (χ0n) is 15.0. The molecule has 0 bridgehead atoms. The number of pyridine rings is 1. The molecule has 0 aliphatic rings. The topological polar surface area (TPSA) is 60.0 Å². The molecule has 0 spiro atoms. The maximum absolute atomic E-state index is 13.5. The van der Waals surface area contributed by atoms with Crippen molar-refractivity contribution in [3.05, 3.63) is 103 Å². The van der Waals surface area contributed by atoms with E-state index in [1.807, 2.05) is 19.1 Å². The zero-order chi connectivity index (χ0) is 19.4. The molecule has 0 radical (unpaired) electrons. The monoisotopic (exact) mass is 361 g/mol. The summed E-state index contributed by atoms with van der Waals surface area (Å²) in [6, 6.07) is 11.7. The molecule has 0 fully saturated rings. The molecule has 0 unspecified atom stereocenters. The van der Waals surface area contributed by atoms with Crippen molar-refractivity contribution < 1.29 is 4.39 Å². The highest BCUT2D eigenvalue weighted by atomic mass is 19.1. The van der Waals surface area contributed by atoms with Gasteiger partial charge in [-0.1, -0.05) is 19.2 Å². The molecule has 0 aliphatic heterocycles. The zero-order valence-corrected chi connectivity index (χ0v) is 15.0. The molecule has 3 rings (SSSR count). The number of allylic oxidation sites excluding steroid dienone is 3. The predicted molar refractivity (Wildman–Crippen MR) is 106 cm³/mol. The van der Waals surface area contributed by atoms with Crippen LogP contribution in [0.5, 0.6) is 0 Å². The van der Waals surface area contributed by atoms with E-state index >= 15 is 0 Å². The Balaban J connectivity index is 1.79. The third kappa shape index (κ3) is 4.19. The maximum atomic E-state index is 13.5. The number of benzene rings is 1. The van der Waals surface area contributed by atoms with Crippen LogP contribution in [0, 0.1) is 12.7 Å². The number of rotatable bonds is 6. The lowest BCUT2D eigenvalue weighted by Crippen LogP contribution is -2.24. The van der Waals surface area contributed by atoms with Gasteiger partial charge in [0.2, 0.25) is 0 Å². The van der Waals surface area contributed by atoms with Gasteiger partial charge in [-0.05, 0) is 60.5 Å². The molecule has 0 saturated carbocycles. The highest BCUT2D eigenvalue weighted by Crippen LogP contribution is 2.24. The standard InChI is InChI=1S/C21H20FN5/c1-15(9-12-26(23)19-7-10-24-16(2)13-19)17(3)21-8-11-25-27(21)20-6-4-5-18(22)14-20/h4-14H,1,3,23H2,2H3/b12-9-. The van der Waals surface area contributed by atoms with Crippen LogP contribution in [-0.2, 0) is 0 Å². The fraction of sp³-hybridized carbons (Fsp3) is 0.0476. The van der Waals surface area contributed by atoms with Crippen LogP contribution in [0.4, 0.5) is 10.1 Å². The molecule has 2 aromatic heterocycles. The van der Waals surface area contributed by atoms with Crippen molar-refractivity contribution in [1.82, 2.24) is 14.8 Å². The molecule has 0 aliphatic carbocycles. The Morgan fingerprint density at radius 1 is 1.19 bits per heavy atom. The van der Waals surface area contributed by atoms with Gasteiger partial charge in [-0.2, -0.15) is 5.10 Å². The lowest BCUT2D eigenvalue weighted by Gasteiger charge is -2.15. The molecule has 6 heteroatoms. The van der Waals surface area contributed by atoms with Gasteiger partial charge in [0.1, 0.15) is 5.82 Å². The van der Waals surface area contributed by atoms with Crippen LogP contribution in [0.3, 0.4) is 0 Å². The van der Waals surface area contributed by atoms with Gasteiger partial charge < -0.3 is 0 Å². The Kier molecular flexibility index (Phi) is 5.28. The second-order valence-corrected chi connectivity index (χ2v) is 5.99. The van der Waals surface area contributed by atoms with Gasteiger partial charge in [-0.3, -0.25) is 9.99 Å². The largest absolute Gasteiger partial charge is 0.287 e. The van der Waals surface area contributed by atoms with Gasteiger partial charge in [-0.25, -0.2) is 14.9 Å². The molecule has 0 atom stereocenters. The average Bonchev–Trinajstić information content (AvgIpc) is 3.15. The number of nitrogens with two attached hydrogens (primary N) is 1. The quantitative estimate of drug-likeness (QED) is 0.406. The van der Waals surface area contributed by atoms with Crippen molar-refractivity contribution in [2.45, 2.75) is 6.92 Å². The number of nitrogens with zero attached hydrogens (tertiary/aromatic N) is 4. The molecule has 2 N–H and O–H groups in total. The number of halogens is 1. The van der Waals surface area contributed by atoms with Crippen molar-refractivity contribution >= 4 is 11.3 Å². The van der Waals surface area contributed by atoms with E-state index in [1.165, 1.54) is 17.1 Å². The van der Waals surface area contributed by atoms with Crippen LogP contribution < -0.4 is 10.9 Å². The van der Waals surface area contributed by atoms with E-state index in [1.54, 1.807) is 47.6 Å². The lowest BCUT2D eigenvalue weighted by atomic mass is 10.1. The van der Waals surface area contributed by atoms with E-state index in [0.717, 1.165) is 17.1 Å². The van der Waals surface area contributed by atoms with Gasteiger partial charge in [0, 0.05) is 18.1 Å². The van der Waals surface area contributed by atoms with Crippen LogP contribution in [0.2, 0.25) is 0 Å². The minimum absolute atomic E-state index is 0.329. The summed E-state index contributed by atoms with van der Waals surface area (Å²) in [4.78, 5) is 4.15. The Labute approximate surface area is 157 Å². The van der Waals surface area contributed by atoms with Crippen molar-refractivity contribution in [1.29, 1.82) is 0 Å². The van der Waals surface area contributed by atoms with Gasteiger partial charge in [0.15, 0.2) is 0 Å². The molecule has 0 saturated heterocycles. The number of aryl methyl sites for hydroxylation is 1. The summed E-state index contributed by atoms with van der Waals surface area (Å²) in [5, 5.41) is 5.75. The van der Waals surface area contributed by atoms with Crippen LogP contribution >= 0.6 is 0 Å². The molecule has 0 amide bonds. The Bertz CT molecular complexity index is 1020. The van der Waals surface area contributed by atoms with Gasteiger partial charge >= 0.3 is 0 Å². The third-order valence-electron chi connectivity index (χ3n) is 4.01. The van der Waals surface area contributed by atoms with E-state index in [-0.39, 0.29) is 5.82 Å². The predicted octanol–water partition coefficient (Wildman–Crippen LogP) is 4.18. The van der Waals surface area contributed by atoms with Crippen molar-refractivity contribution in [3.8, 4) is 5.69 Å². The number of aromatic nitrogens is 3. The molecule has 2 heterocycles. The van der Waals surface area contributed by atoms with E-state index in [0.29, 0.717) is 16.8 Å². The SMILES string of the molecule is C=C(/C=C\N(N)c1ccnc(C)c1)C(=C)c1ccnn1-c1cccc(F)c1. The first-order chi connectivity index (χ1) is 13.0. The van der Waals surface area contributed by atoms with Gasteiger partial charge in [0.25, 0.3) is 0 Å². The second-order valence-electron chi connectivity index (χ2n) is 5.99. The van der Waals surface area contributed by atoms with E-state index in [4.69, 9.17) is 5.84 Å². The normalized spacial score (nSPS) is 10.9. The minimum Gasteiger partial charge on any atom is -0.287 e. The van der Waals surface area contributed by atoms with Crippen LogP contribution in [0.25, 0.3) is 11.3 Å². The Morgan fingerprint density at radius 3 is 2.74 bits per heavy atom. The Morgan fingerprint density at radius 2 is 2.00 bits per heavy atom. The van der Waals surface area contributed by atoms with Crippen molar-refractivity contribution in [2.24, 2.45) is 5.84 Å². The summed E-state index contributed by atoms with van der Waals surface area (Å²) in [7, 11) is 0. The van der Waals surface area contributed by atoms with Gasteiger partial charge in [0.05, 0.1) is 23.3 Å². The molecular weight excluding hydrogens is 341 g/mol. The smallest absolute Gasteiger partial charge is 0.125 e. The molecule has 27 heavy (non-hydrogen) atoms. The molecule has 3 aromatic rings. The summed E-state index contributed by atoms with van der Waals surface area (Å²) < 4.78 is 15.2. The maximum Gasteiger partial charge on any atom is 0.125 e. The third-order valence-corrected chi connectivity index (χ3v) is 4.01. The Hall–Kier alpha value is -3.51. The second kappa shape index (κ2) is 7.80. The summed E-state index contributed by atoms with van der Waals surface area (Å²) in [6.45, 7) is 10.0. The van der Waals surface area contributed by atoms with Crippen LogP contribution in [-0.4, -0.2) is 14.8 Å². The molecular formula is C21H20FN5. The van der Waals surface area contributed by atoms with Crippen LogP contribution in [0.15, 0.2) is 85.9 Å². The highest BCUT2D eigenvalue weighted by Gasteiger charge is 2.10. The fourth-order valence-electron chi connectivity index (χ4n) is 2.56. The van der Waals surface area contributed by atoms with E-state index in [9.17, 15) is 4.39 Å². The number of anilines is 1. The summed E-state index contributed by atoms with van der Waals surface area (Å²) in [5.41, 5.74) is 4.33. The molecule has 1 aromatic carbocycles. The van der Waals surface area contributed by atoms with Gasteiger partial charge in [-0.15, -0.1) is 0 Å². The number of hydrogen-bond acceptors (Lipinski definition) is 4. The molecule has 5 nitrogen and oxygen atoms in total. The number of hydrazine groups is 1. The summed E-state index contributed by atoms with van der Waals surface area (Å²) in [6.07, 6.45) is 6.80. The molecule has 136 valence electrons. The highest BCUT2D eigenvalue weighted by molar-refractivity contribution is 5.78. The fourth-order valence-corrected chi connectivity index (χ4v) is 2.56. The number of hydrogen-bond donors (Lipinski definition) is 1. The average molecular weight is 361 g/mol. The summed E-state index contributed by atoms with van der Waals surface area (Å²) >= 11 is 0. The summed E-state index contributed by atoms with van der Waals surface area (Å²) in [5.74, 6) is 5.73. The first-order valence-corrected chi connectivity index (χ1v) is 8.29. The van der Waals surface area contributed by atoms with E-state index < -0.39 is 0 Å². The lowest BCUT2D eigenvalue weighted by molar-refractivity contribution is 0.625. The van der Waals surface area contributed by atoms with Crippen molar-refractivity contribution in [3.63, 3.8) is 0 Å². The van der Waals surface area contributed by atoms with Crippen LogP contribution in [0.1, 0.15) is 11.4 Å².